The number of rotatable bonds is 3. The predicted molar refractivity (Wildman–Crippen MR) is 82.8 cm³/mol. The van der Waals surface area contributed by atoms with E-state index < -0.39 is 11.7 Å². The van der Waals surface area contributed by atoms with E-state index in [0.717, 1.165) is 25.0 Å². The molecule has 1 aliphatic carbocycles. The quantitative estimate of drug-likeness (QED) is 0.799. The molecule has 2 unspecified atom stereocenters. The lowest BCUT2D eigenvalue weighted by molar-refractivity contribution is -0.148. The largest absolute Gasteiger partial charge is 0.466 e. The van der Waals surface area contributed by atoms with Gasteiger partial charge in [-0.2, -0.15) is 0 Å². The number of carbonyl (C=O) groups is 2. The van der Waals surface area contributed by atoms with Gasteiger partial charge in [-0.05, 0) is 52.7 Å². The minimum atomic E-state index is -0.547. The molecule has 22 heavy (non-hydrogen) atoms. The first kappa shape index (κ1) is 16.6. The molecule has 1 fully saturated rings. The Balaban J connectivity index is 2.21. The van der Waals surface area contributed by atoms with Crippen LogP contribution >= 0.6 is 0 Å². The highest BCUT2D eigenvalue weighted by Crippen LogP contribution is 2.40. The van der Waals surface area contributed by atoms with Gasteiger partial charge in [0.25, 0.3) is 0 Å². The maximum atomic E-state index is 12.3. The van der Waals surface area contributed by atoms with Crippen LogP contribution in [-0.2, 0) is 14.3 Å². The van der Waals surface area contributed by atoms with E-state index in [1.165, 1.54) is 4.57 Å². The molecular weight excluding hydrogens is 282 g/mol. The third-order valence-electron chi connectivity index (χ3n) is 3.86. The van der Waals surface area contributed by atoms with Crippen molar-refractivity contribution < 1.29 is 19.1 Å². The molecule has 0 radical (unpaired) electrons. The third kappa shape index (κ3) is 3.70. The molecule has 1 aliphatic rings. The summed E-state index contributed by atoms with van der Waals surface area (Å²) in [5.41, 5.74) is 0.291. The number of esters is 1. The van der Waals surface area contributed by atoms with Gasteiger partial charge in [0.2, 0.25) is 0 Å². The van der Waals surface area contributed by atoms with Gasteiger partial charge in [0.05, 0.1) is 12.5 Å². The summed E-state index contributed by atoms with van der Waals surface area (Å²) in [4.78, 5) is 24.4. The van der Waals surface area contributed by atoms with Gasteiger partial charge in [-0.1, -0.05) is 6.42 Å². The normalized spacial score (nSPS) is 21.6. The minimum Gasteiger partial charge on any atom is -0.466 e. The lowest BCUT2D eigenvalue weighted by Gasteiger charge is -2.23. The number of hydrogen-bond donors (Lipinski definition) is 0. The molecule has 1 heterocycles. The summed E-state index contributed by atoms with van der Waals surface area (Å²) in [5, 5.41) is 0. The lowest BCUT2D eigenvalue weighted by Crippen LogP contribution is -2.29. The Bertz CT molecular complexity index is 541. The molecular formula is C17H25NO4. The molecule has 0 spiro atoms. The molecule has 122 valence electrons. The molecule has 2 atom stereocenters. The number of ether oxygens (including phenoxy) is 2. The number of hydrogen-bond acceptors (Lipinski definition) is 4. The zero-order valence-corrected chi connectivity index (χ0v) is 13.8. The highest BCUT2D eigenvalue weighted by atomic mass is 16.6. The minimum absolute atomic E-state index is 0.0153. The molecule has 5 nitrogen and oxygen atoms in total. The van der Waals surface area contributed by atoms with Gasteiger partial charge in [-0.25, -0.2) is 4.79 Å². The Kier molecular flexibility index (Phi) is 4.94. The van der Waals surface area contributed by atoms with E-state index in [4.69, 9.17) is 9.47 Å². The molecule has 1 saturated carbocycles. The van der Waals surface area contributed by atoms with Crippen molar-refractivity contribution in [3.05, 3.63) is 24.0 Å². The van der Waals surface area contributed by atoms with E-state index in [0.29, 0.717) is 6.61 Å². The average Bonchev–Trinajstić information content (AvgIpc) is 3.05. The molecule has 2 rings (SSSR count). The fraction of sp³-hybridized carbons (Fsp3) is 0.647. The number of aromatic nitrogens is 1. The average molecular weight is 307 g/mol. The van der Waals surface area contributed by atoms with E-state index in [9.17, 15) is 9.59 Å². The van der Waals surface area contributed by atoms with Crippen LogP contribution in [0.1, 0.15) is 58.6 Å². The molecule has 0 aliphatic heterocycles. The number of carbonyl (C=O) groups excluding carboxylic acids is 2. The van der Waals surface area contributed by atoms with Gasteiger partial charge in [0, 0.05) is 17.8 Å². The third-order valence-corrected chi connectivity index (χ3v) is 3.86. The van der Waals surface area contributed by atoms with Crippen LogP contribution in [0.4, 0.5) is 4.79 Å². The molecule has 0 amide bonds. The fourth-order valence-corrected chi connectivity index (χ4v) is 3.02. The van der Waals surface area contributed by atoms with Crippen molar-refractivity contribution in [3.8, 4) is 0 Å². The monoisotopic (exact) mass is 307 g/mol. The van der Waals surface area contributed by atoms with Crippen LogP contribution in [0.3, 0.4) is 0 Å². The van der Waals surface area contributed by atoms with Crippen LogP contribution in [0.5, 0.6) is 0 Å². The Hall–Kier alpha value is -1.78. The standard InChI is InChI=1S/C17H25NO4/c1-5-21-15(19)13-9-6-8-12(13)14-10-7-11-18(14)16(20)22-17(2,3)4/h7,10-13H,5-6,8-9H2,1-4H3. The van der Waals surface area contributed by atoms with Gasteiger partial charge in [-0.15, -0.1) is 0 Å². The van der Waals surface area contributed by atoms with Crippen LogP contribution in [-0.4, -0.2) is 28.8 Å². The fourth-order valence-electron chi connectivity index (χ4n) is 3.02. The Morgan fingerprint density at radius 2 is 2.05 bits per heavy atom. The molecule has 5 heteroatoms. The Morgan fingerprint density at radius 3 is 2.68 bits per heavy atom. The van der Waals surface area contributed by atoms with Crippen molar-refractivity contribution in [2.45, 2.75) is 58.5 Å². The number of nitrogens with zero attached hydrogens (tertiary/aromatic N) is 1. The second-order valence-electron chi connectivity index (χ2n) is 6.68. The SMILES string of the molecule is CCOC(=O)C1CCCC1c1cccn1C(=O)OC(C)(C)C. The molecule has 1 aromatic rings. The second-order valence-corrected chi connectivity index (χ2v) is 6.68. The van der Waals surface area contributed by atoms with E-state index in [2.05, 4.69) is 0 Å². The molecule has 0 N–H and O–H groups in total. The summed E-state index contributed by atoms with van der Waals surface area (Å²) < 4.78 is 12.1. The van der Waals surface area contributed by atoms with Crippen molar-refractivity contribution in [1.29, 1.82) is 0 Å². The van der Waals surface area contributed by atoms with Crippen molar-refractivity contribution in [1.82, 2.24) is 4.57 Å². The molecule has 0 aromatic carbocycles. The van der Waals surface area contributed by atoms with Crippen molar-refractivity contribution in [2.75, 3.05) is 6.61 Å². The lowest BCUT2D eigenvalue weighted by atomic mass is 9.93. The van der Waals surface area contributed by atoms with Crippen LogP contribution < -0.4 is 0 Å². The van der Waals surface area contributed by atoms with E-state index >= 15 is 0 Å². The van der Waals surface area contributed by atoms with Crippen molar-refractivity contribution in [2.24, 2.45) is 5.92 Å². The zero-order chi connectivity index (χ0) is 16.3. The highest BCUT2D eigenvalue weighted by Gasteiger charge is 2.37. The predicted octanol–water partition coefficient (Wildman–Crippen LogP) is 3.72. The maximum Gasteiger partial charge on any atom is 0.418 e. The Labute approximate surface area is 131 Å². The summed E-state index contributed by atoms with van der Waals surface area (Å²) >= 11 is 0. The van der Waals surface area contributed by atoms with E-state index in [-0.39, 0.29) is 17.8 Å². The first-order chi connectivity index (χ1) is 10.3. The van der Waals surface area contributed by atoms with Gasteiger partial charge in [0.1, 0.15) is 5.60 Å². The molecule has 0 saturated heterocycles. The van der Waals surface area contributed by atoms with Crippen LogP contribution in [0.15, 0.2) is 18.3 Å². The van der Waals surface area contributed by atoms with E-state index in [1.54, 1.807) is 6.20 Å². The van der Waals surface area contributed by atoms with Crippen molar-refractivity contribution >= 4 is 12.1 Å². The first-order valence-electron chi connectivity index (χ1n) is 7.90. The molecule has 0 bridgehead atoms. The van der Waals surface area contributed by atoms with Crippen LogP contribution in [0.25, 0.3) is 0 Å². The first-order valence-corrected chi connectivity index (χ1v) is 7.90. The maximum absolute atomic E-state index is 12.3. The summed E-state index contributed by atoms with van der Waals surface area (Å²) in [6, 6.07) is 3.71. The zero-order valence-electron chi connectivity index (χ0n) is 13.8. The smallest absolute Gasteiger partial charge is 0.418 e. The van der Waals surface area contributed by atoms with Gasteiger partial charge in [-0.3, -0.25) is 9.36 Å². The molecule has 1 aromatic heterocycles. The summed E-state index contributed by atoms with van der Waals surface area (Å²) in [5.74, 6) is -0.320. The Morgan fingerprint density at radius 1 is 1.32 bits per heavy atom. The van der Waals surface area contributed by atoms with Crippen LogP contribution in [0.2, 0.25) is 0 Å². The van der Waals surface area contributed by atoms with E-state index in [1.807, 2.05) is 39.8 Å². The van der Waals surface area contributed by atoms with Gasteiger partial charge < -0.3 is 9.47 Å². The highest BCUT2D eigenvalue weighted by molar-refractivity contribution is 5.76. The second kappa shape index (κ2) is 6.55. The topological polar surface area (TPSA) is 57.5 Å². The summed E-state index contributed by atoms with van der Waals surface area (Å²) in [6.07, 6.45) is 3.96. The summed E-state index contributed by atoms with van der Waals surface area (Å²) in [6.45, 7) is 7.71. The van der Waals surface area contributed by atoms with Crippen LogP contribution in [0, 0.1) is 5.92 Å². The van der Waals surface area contributed by atoms with Gasteiger partial charge in [0.15, 0.2) is 0 Å². The van der Waals surface area contributed by atoms with Gasteiger partial charge >= 0.3 is 12.1 Å². The summed E-state index contributed by atoms with van der Waals surface area (Å²) in [7, 11) is 0. The van der Waals surface area contributed by atoms with Crippen molar-refractivity contribution in [3.63, 3.8) is 0 Å².